The fraction of sp³-hybridized carbons (Fsp3) is 0.278. The number of aromatic nitrogens is 3. The summed E-state index contributed by atoms with van der Waals surface area (Å²) >= 11 is 0. The van der Waals surface area contributed by atoms with Crippen molar-refractivity contribution < 1.29 is 4.79 Å². The number of carbonyl (C=O) groups excluding carboxylic acids is 1. The summed E-state index contributed by atoms with van der Waals surface area (Å²) < 4.78 is 1.67. The second-order valence-electron chi connectivity index (χ2n) is 6.20. The molecule has 3 aromatic rings. The molecule has 122 valence electrons. The number of benzene rings is 1. The Morgan fingerprint density at radius 3 is 2.88 bits per heavy atom. The van der Waals surface area contributed by atoms with Crippen LogP contribution in [0.2, 0.25) is 0 Å². The molecule has 6 heteroatoms. The highest BCUT2D eigenvalue weighted by Gasteiger charge is 2.26. The van der Waals surface area contributed by atoms with Crippen LogP contribution in [-0.2, 0) is 6.54 Å². The first kappa shape index (κ1) is 14.7. The van der Waals surface area contributed by atoms with Crippen molar-refractivity contribution in [2.24, 2.45) is 0 Å². The van der Waals surface area contributed by atoms with E-state index in [2.05, 4.69) is 15.3 Å². The van der Waals surface area contributed by atoms with Gasteiger partial charge in [-0.15, -0.1) is 0 Å². The third-order valence-electron chi connectivity index (χ3n) is 4.35. The average molecular weight is 322 g/mol. The maximum atomic E-state index is 12.5. The van der Waals surface area contributed by atoms with Gasteiger partial charge in [-0.05, 0) is 43.5 Å². The molecule has 0 unspecified atom stereocenters. The summed E-state index contributed by atoms with van der Waals surface area (Å²) in [5.74, 6) is 0.314. The molecule has 24 heavy (non-hydrogen) atoms. The number of nitrogens with zero attached hydrogens (tertiary/aromatic N) is 2. The topological polar surface area (TPSA) is 79.8 Å². The fourth-order valence-corrected chi connectivity index (χ4v) is 2.90. The number of fused-ring (bicyclic) bond motifs is 1. The Morgan fingerprint density at radius 1 is 1.33 bits per heavy atom. The summed E-state index contributed by atoms with van der Waals surface area (Å²) in [5.41, 5.74) is 2.49. The van der Waals surface area contributed by atoms with Crippen LogP contribution in [0, 0.1) is 6.92 Å². The Balaban J connectivity index is 1.56. The monoisotopic (exact) mass is 322 g/mol. The van der Waals surface area contributed by atoms with Crippen molar-refractivity contribution >= 4 is 16.9 Å². The number of H-pyrrole nitrogens is 1. The van der Waals surface area contributed by atoms with Gasteiger partial charge in [0.15, 0.2) is 0 Å². The number of aryl methyl sites for hydroxylation is 1. The number of aromatic amines is 1. The maximum Gasteiger partial charge on any atom is 0.263 e. The van der Waals surface area contributed by atoms with Gasteiger partial charge in [-0.3, -0.25) is 9.59 Å². The number of imidazole rings is 1. The summed E-state index contributed by atoms with van der Waals surface area (Å²) in [6, 6.07) is 9.77. The molecule has 0 bridgehead atoms. The number of carbonyl (C=O) groups is 1. The normalized spacial score (nSPS) is 14.0. The first-order chi connectivity index (χ1) is 11.6. The maximum absolute atomic E-state index is 12.5. The van der Waals surface area contributed by atoms with E-state index in [9.17, 15) is 9.59 Å². The fourth-order valence-electron chi connectivity index (χ4n) is 2.90. The molecule has 4 rings (SSSR count). The highest BCUT2D eigenvalue weighted by molar-refractivity contribution is 5.95. The van der Waals surface area contributed by atoms with E-state index in [1.807, 2.05) is 30.3 Å². The number of para-hydroxylation sites is 2. The summed E-state index contributed by atoms with van der Waals surface area (Å²) in [7, 11) is 0. The summed E-state index contributed by atoms with van der Waals surface area (Å²) in [5, 5.41) is 2.80. The van der Waals surface area contributed by atoms with Crippen molar-refractivity contribution in [1.29, 1.82) is 0 Å². The van der Waals surface area contributed by atoms with Gasteiger partial charge >= 0.3 is 0 Å². The Hall–Kier alpha value is -2.89. The molecule has 0 saturated heterocycles. The van der Waals surface area contributed by atoms with Crippen molar-refractivity contribution in [3.8, 4) is 0 Å². The third-order valence-corrected chi connectivity index (χ3v) is 4.35. The highest BCUT2D eigenvalue weighted by atomic mass is 16.2. The summed E-state index contributed by atoms with van der Waals surface area (Å²) in [6.07, 6.45) is 3.79. The van der Waals surface area contributed by atoms with Crippen LogP contribution in [0.25, 0.3) is 11.0 Å². The van der Waals surface area contributed by atoms with Crippen LogP contribution in [0.4, 0.5) is 0 Å². The number of hydrogen-bond acceptors (Lipinski definition) is 3. The quantitative estimate of drug-likeness (QED) is 0.773. The van der Waals surface area contributed by atoms with Crippen LogP contribution in [0.3, 0.4) is 0 Å². The molecular formula is C18H18N4O2. The van der Waals surface area contributed by atoms with E-state index in [4.69, 9.17) is 0 Å². The lowest BCUT2D eigenvalue weighted by atomic mass is 10.1. The van der Waals surface area contributed by atoms with Gasteiger partial charge in [-0.1, -0.05) is 12.1 Å². The highest BCUT2D eigenvalue weighted by Crippen LogP contribution is 2.33. The Bertz CT molecular complexity index is 949. The molecule has 2 heterocycles. The lowest BCUT2D eigenvalue weighted by Crippen LogP contribution is -2.33. The Morgan fingerprint density at radius 2 is 2.12 bits per heavy atom. The molecule has 0 atom stereocenters. The van der Waals surface area contributed by atoms with Crippen LogP contribution < -0.4 is 10.9 Å². The molecule has 1 fully saturated rings. The van der Waals surface area contributed by atoms with Crippen molar-refractivity contribution in [2.45, 2.75) is 32.4 Å². The molecule has 2 N–H and O–H groups in total. The zero-order valence-electron chi connectivity index (χ0n) is 13.4. The number of pyridine rings is 1. The van der Waals surface area contributed by atoms with Crippen LogP contribution in [0.15, 0.2) is 41.3 Å². The van der Waals surface area contributed by atoms with E-state index in [0.717, 1.165) is 23.9 Å². The van der Waals surface area contributed by atoms with Gasteiger partial charge in [0, 0.05) is 12.2 Å². The summed E-state index contributed by atoms with van der Waals surface area (Å²) in [4.78, 5) is 32.6. The molecule has 1 aliphatic rings. The van der Waals surface area contributed by atoms with E-state index < -0.39 is 0 Å². The van der Waals surface area contributed by atoms with Gasteiger partial charge in [-0.25, -0.2) is 4.98 Å². The predicted molar refractivity (Wildman–Crippen MR) is 91.0 cm³/mol. The molecule has 1 aromatic carbocycles. The second-order valence-corrected chi connectivity index (χ2v) is 6.20. The zero-order chi connectivity index (χ0) is 16.7. The number of nitrogens with one attached hydrogen (secondary N) is 2. The molecule has 2 aromatic heterocycles. The van der Waals surface area contributed by atoms with Gasteiger partial charge in [0.25, 0.3) is 11.5 Å². The SMILES string of the molecule is Cc1ccn(C2CC2)c(=O)c1C(=O)NCc1nc2ccccc2[nH]1. The van der Waals surface area contributed by atoms with E-state index >= 15 is 0 Å². The largest absolute Gasteiger partial charge is 0.345 e. The van der Waals surface area contributed by atoms with Gasteiger partial charge in [0.1, 0.15) is 11.4 Å². The number of hydrogen-bond donors (Lipinski definition) is 2. The molecule has 0 aliphatic heterocycles. The standard InChI is InChI=1S/C18H18N4O2/c1-11-8-9-22(12-6-7-12)18(24)16(11)17(23)19-10-15-20-13-4-2-3-5-14(13)21-15/h2-5,8-9,12H,6-7,10H2,1H3,(H,19,23)(H,20,21). The molecule has 1 saturated carbocycles. The molecule has 0 spiro atoms. The Labute approximate surface area is 138 Å². The second kappa shape index (κ2) is 5.63. The first-order valence-electron chi connectivity index (χ1n) is 8.07. The Kier molecular flexibility index (Phi) is 3.45. The van der Waals surface area contributed by atoms with Crippen molar-refractivity contribution in [3.05, 3.63) is 63.8 Å². The molecule has 6 nitrogen and oxygen atoms in total. The molecule has 0 radical (unpaired) electrons. The van der Waals surface area contributed by atoms with Crippen LogP contribution in [0.1, 0.15) is 40.6 Å². The number of rotatable bonds is 4. The minimum Gasteiger partial charge on any atom is -0.345 e. The van der Waals surface area contributed by atoms with Crippen LogP contribution >= 0.6 is 0 Å². The zero-order valence-corrected chi connectivity index (χ0v) is 13.4. The molecule has 1 aliphatic carbocycles. The number of amides is 1. The van der Waals surface area contributed by atoms with E-state index in [1.54, 1.807) is 17.7 Å². The third kappa shape index (κ3) is 2.60. The van der Waals surface area contributed by atoms with Crippen molar-refractivity contribution in [2.75, 3.05) is 0 Å². The van der Waals surface area contributed by atoms with E-state index in [0.29, 0.717) is 11.4 Å². The van der Waals surface area contributed by atoms with Crippen molar-refractivity contribution in [1.82, 2.24) is 19.9 Å². The minimum atomic E-state index is -0.354. The van der Waals surface area contributed by atoms with Gasteiger partial charge in [0.05, 0.1) is 17.6 Å². The van der Waals surface area contributed by atoms with Gasteiger partial charge < -0.3 is 14.9 Å². The van der Waals surface area contributed by atoms with Gasteiger partial charge in [0.2, 0.25) is 0 Å². The average Bonchev–Trinajstić information content (AvgIpc) is 3.31. The first-order valence-corrected chi connectivity index (χ1v) is 8.07. The smallest absolute Gasteiger partial charge is 0.263 e. The van der Waals surface area contributed by atoms with Crippen molar-refractivity contribution in [3.63, 3.8) is 0 Å². The molecule has 1 amide bonds. The molecular weight excluding hydrogens is 304 g/mol. The summed E-state index contributed by atoms with van der Waals surface area (Å²) in [6.45, 7) is 2.04. The lowest BCUT2D eigenvalue weighted by molar-refractivity contribution is 0.0947. The van der Waals surface area contributed by atoms with E-state index in [1.165, 1.54) is 0 Å². The van der Waals surface area contributed by atoms with E-state index in [-0.39, 0.29) is 29.6 Å². The van der Waals surface area contributed by atoms with Gasteiger partial charge in [-0.2, -0.15) is 0 Å². The minimum absolute atomic E-state index is 0.209. The van der Waals surface area contributed by atoms with Crippen LogP contribution in [0.5, 0.6) is 0 Å². The predicted octanol–water partition coefficient (Wildman–Crippen LogP) is 2.30. The lowest BCUT2D eigenvalue weighted by Gasteiger charge is -2.10. The van der Waals surface area contributed by atoms with Crippen LogP contribution in [-0.4, -0.2) is 20.4 Å².